The topological polar surface area (TPSA) is 77.2 Å². The number of nitrogens with one attached hydrogen (secondary N) is 1. The summed E-state index contributed by atoms with van der Waals surface area (Å²) in [6, 6.07) is 3.52. The van der Waals surface area contributed by atoms with Gasteiger partial charge in [-0.25, -0.2) is 9.78 Å². The number of hydrogen-bond donors (Lipinski definition) is 2. The molecule has 0 aromatic carbocycles. The fraction of sp³-hybridized carbons (Fsp3) is 0.385. The van der Waals surface area contributed by atoms with Crippen LogP contribution in [0.5, 0.6) is 0 Å². The molecular formula is C13H17N3O2. The summed E-state index contributed by atoms with van der Waals surface area (Å²) in [5.41, 5.74) is 5.75. The van der Waals surface area contributed by atoms with E-state index >= 15 is 0 Å². The molecule has 0 aliphatic carbocycles. The first-order valence-electron chi connectivity index (χ1n) is 5.55. The van der Waals surface area contributed by atoms with E-state index < -0.39 is 11.7 Å². The Labute approximate surface area is 107 Å². The van der Waals surface area contributed by atoms with Gasteiger partial charge in [-0.3, -0.25) is 0 Å². The molecule has 1 amide bonds. The molecule has 1 rings (SSSR count). The van der Waals surface area contributed by atoms with Crippen molar-refractivity contribution in [1.29, 1.82) is 0 Å². The van der Waals surface area contributed by atoms with Crippen molar-refractivity contribution in [2.24, 2.45) is 0 Å². The standard InChI is InChI=1S/C13H17N3O2/c1-13(2,3)18-12(17)16-9-5-7-10-6-4-8-15-11(10)14/h4,6,8H,9H2,1-3H3,(H2,14,15)(H,16,17). The summed E-state index contributed by atoms with van der Waals surface area (Å²) >= 11 is 0. The number of rotatable bonds is 1. The number of carbonyl (C=O) groups is 1. The fourth-order valence-corrected chi connectivity index (χ4v) is 1.09. The summed E-state index contributed by atoms with van der Waals surface area (Å²) in [6.45, 7) is 5.60. The van der Waals surface area contributed by atoms with Crippen molar-refractivity contribution in [3.8, 4) is 11.8 Å². The van der Waals surface area contributed by atoms with E-state index in [0.29, 0.717) is 11.4 Å². The molecule has 0 unspecified atom stereocenters. The van der Waals surface area contributed by atoms with E-state index in [1.807, 2.05) is 0 Å². The van der Waals surface area contributed by atoms with Gasteiger partial charge in [0, 0.05) is 6.20 Å². The predicted molar refractivity (Wildman–Crippen MR) is 69.8 cm³/mol. The second-order valence-electron chi connectivity index (χ2n) is 4.59. The number of ether oxygens (including phenoxy) is 1. The van der Waals surface area contributed by atoms with Gasteiger partial charge in [0.25, 0.3) is 0 Å². The molecule has 96 valence electrons. The van der Waals surface area contributed by atoms with Gasteiger partial charge in [-0.05, 0) is 32.9 Å². The maximum atomic E-state index is 11.3. The minimum absolute atomic E-state index is 0.198. The third-order valence-electron chi connectivity index (χ3n) is 1.78. The molecule has 0 aliphatic rings. The second kappa shape index (κ2) is 5.92. The van der Waals surface area contributed by atoms with Crippen LogP contribution >= 0.6 is 0 Å². The molecule has 18 heavy (non-hydrogen) atoms. The number of alkyl carbamates (subject to hydrolysis) is 1. The van der Waals surface area contributed by atoms with E-state index in [-0.39, 0.29) is 6.54 Å². The first-order valence-corrected chi connectivity index (χ1v) is 5.55. The van der Waals surface area contributed by atoms with Crippen LogP contribution in [0.25, 0.3) is 0 Å². The van der Waals surface area contributed by atoms with Crippen molar-refractivity contribution in [1.82, 2.24) is 10.3 Å². The molecule has 0 saturated heterocycles. The van der Waals surface area contributed by atoms with Gasteiger partial charge in [-0.15, -0.1) is 0 Å². The van der Waals surface area contributed by atoms with Crippen LogP contribution in [0.1, 0.15) is 26.3 Å². The van der Waals surface area contributed by atoms with Gasteiger partial charge in [0.15, 0.2) is 0 Å². The highest BCUT2D eigenvalue weighted by molar-refractivity contribution is 5.68. The van der Waals surface area contributed by atoms with Gasteiger partial charge < -0.3 is 15.8 Å². The Hall–Kier alpha value is -2.22. The van der Waals surface area contributed by atoms with Crippen LogP contribution in [-0.2, 0) is 4.74 Å². The summed E-state index contributed by atoms with van der Waals surface area (Å²) in [7, 11) is 0. The number of anilines is 1. The largest absolute Gasteiger partial charge is 0.444 e. The lowest BCUT2D eigenvalue weighted by Crippen LogP contribution is -2.32. The number of hydrogen-bond acceptors (Lipinski definition) is 4. The Morgan fingerprint density at radius 2 is 2.28 bits per heavy atom. The van der Waals surface area contributed by atoms with Crippen molar-refractivity contribution in [2.45, 2.75) is 26.4 Å². The van der Waals surface area contributed by atoms with Crippen LogP contribution < -0.4 is 11.1 Å². The number of nitrogens with zero attached hydrogens (tertiary/aromatic N) is 1. The van der Waals surface area contributed by atoms with Crippen molar-refractivity contribution >= 4 is 11.9 Å². The monoisotopic (exact) mass is 247 g/mol. The van der Waals surface area contributed by atoms with Crippen LogP contribution in [0.4, 0.5) is 10.6 Å². The lowest BCUT2D eigenvalue weighted by atomic mass is 10.2. The number of aromatic nitrogens is 1. The van der Waals surface area contributed by atoms with Crippen LogP contribution in [0.2, 0.25) is 0 Å². The van der Waals surface area contributed by atoms with E-state index in [1.54, 1.807) is 39.1 Å². The van der Waals surface area contributed by atoms with E-state index in [1.165, 1.54) is 0 Å². The van der Waals surface area contributed by atoms with Gasteiger partial charge in [-0.1, -0.05) is 11.8 Å². The Morgan fingerprint density at radius 3 is 2.89 bits per heavy atom. The average Bonchev–Trinajstić information content (AvgIpc) is 2.24. The molecule has 0 spiro atoms. The van der Waals surface area contributed by atoms with Crippen LogP contribution in [-0.4, -0.2) is 23.2 Å². The number of amides is 1. The van der Waals surface area contributed by atoms with Gasteiger partial charge in [0.2, 0.25) is 0 Å². The van der Waals surface area contributed by atoms with Crippen molar-refractivity contribution in [3.63, 3.8) is 0 Å². The first-order chi connectivity index (χ1) is 8.38. The van der Waals surface area contributed by atoms with Gasteiger partial charge in [0.05, 0.1) is 12.1 Å². The lowest BCUT2D eigenvalue weighted by molar-refractivity contribution is 0.0535. The molecule has 3 N–H and O–H groups in total. The van der Waals surface area contributed by atoms with Gasteiger partial charge in [0.1, 0.15) is 11.4 Å². The number of pyridine rings is 1. The Bertz CT molecular complexity index is 481. The highest BCUT2D eigenvalue weighted by atomic mass is 16.6. The Morgan fingerprint density at radius 1 is 1.56 bits per heavy atom. The van der Waals surface area contributed by atoms with E-state index in [9.17, 15) is 4.79 Å². The zero-order valence-electron chi connectivity index (χ0n) is 10.8. The molecule has 0 aliphatic heterocycles. The average molecular weight is 247 g/mol. The summed E-state index contributed by atoms with van der Waals surface area (Å²) in [6.07, 6.45) is 1.11. The van der Waals surface area contributed by atoms with Crippen molar-refractivity contribution in [2.75, 3.05) is 12.3 Å². The molecule has 1 heterocycles. The maximum absolute atomic E-state index is 11.3. The molecule has 0 saturated carbocycles. The minimum Gasteiger partial charge on any atom is -0.444 e. The molecule has 0 radical (unpaired) electrons. The number of nitrogen functional groups attached to an aromatic ring is 1. The molecule has 1 aromatic rings. The molecule has 0 bridgehead atoms. The Kier molecular flexibility index (Phi) is 4.55. The van der Waals surface area contributed by atoms with Crippen LogP contribution in [0.3, 0.4) is 0 Å². The van der Waals surface area contributed by atoms with Crippen LogP contribution in [0.15, 0.2) is 18.3 Å². The summed E-state index contributed by atoms with van der Waals surface area (Å²) in [4.78, 5) is 15.2. The van der Waals surface area contributed by atoms with E-state index in [0.717, 1.165) is 0 Å². The molecule has 0 fully saturated rings. The number of nitrogens with two attached hydrogens (primary N) is 1. The fourth-order valence-electron chi connectivity index (χ4n) is 1.09. The first kappa shape index (κ1) is 13.8. The van der Waals surface area contributed by atoms with Crippen LogP contribution in [0, 0.1) is 11.8 Å². The molecule has 1 aromatic heterocycles. The second-order valence-corrected chi connectivity index (χ2v) is 4.59. The summed E-state index contributed by atoms with van der Waals surface area (Å²) in [5.74, 6) is 5.98. The molecular weight excluding hydrogens is 230 g/mol. The quantitative estimate of drug-likeness (QED) is 0.738. The zero-order chi connectivity index (χ0) is 13.6. The highest BCUT2D eigenvalue weighted by Crippen LogP contribution is 2.06. The third-order valence-corrected chi connectivity index (χ3v) is 1.78. The summed E-state index contributed by atoms with van der Waals surface area (Å²) in [5, 5.41) is 2.53. The van der Waals surface area contributed by atoms with E-state index in [4.69, 9.17) is 10.5 Å². The number of carbonyl (C=O) groups excluding carboxylic acids is 1. The smallest absolute Gasteiger partial charge is 0.408 e. The molecule has 5 nitrogen and oxygen atoms in total. The van der Waals surface area contributed by atoms with Gasteiger partial charge >= 0.3 is 6.09 Å². The predicted octanol–water partition coefficient (Wildman–Crippen LogP) is 1.54. The molecule has 0 atom stereocenters. The minimum atomic E-state index is -0.509. The van der Waals surface area contributed by atoms with Gasteiger partial charge in [-0.2, -0.15) is 0 Å². The SMILES string of the molecule is CC(C)(C)OC(=O)NCC#Cc1cccnc1N. The zero-order valence-corrected chi connectivity index (χ0v) is 10.8. The molecule has 5 heteroatoms. The summed E-state index contributed by atoms with van der Waals surface area (Å²) < 4.78 is 5.06. The maximum Gasteiger partial charge on any atom is 0.408 e. The van der Waals surface area contributed by atoms with Crippen molar-refractivity contribution < 1.29 is 9.53 Å². The van der Waals surface area contributed by atoms with Crippen molar-refractivity contribution in [3.05, 3.63) is 23.9 Å². The lowest BCUT2D eigenvalue weighted by Gasteiger charge is -2.18. The highest BCUT2D eigenvalue weighted by Gasteiger charge is 2.14. The van der Waals surface area contributed by atoms with E-state index in [2.05, 4.69) is 22.1 Å². The normalized spacial score (nSPS) is 10.2. The Balaban J connectivity index is 2.44. The third kappa shape index (κ3) is 5.21.